The molecule has 3 nitrogen and oxygen atoms in total. The molecule has 0 saturated carbocycles. The van der Waals surface area contributed by atoms with Crippen LogP contribution < -0.4 is 5.73 Å². The van der Waals surface area contributed by atoms with Crippen molar-refractivity contribution in [3.05, 3.63) is 35.9 Å². The molecule has 0 fully saturated rings. The SMILES string of the molecule is CCCC(C)N(C)C(=O)C(CN)c1ccccc1. The summed E-state index contributed by atoms with van der Waals surface area (Å²) in [5, 5.41) is 0. The van der Waals surface area contributed by atoms with Gasteiger partial charge >= 0.3 is 0 Å². The Morgan fingerprint density at radius 3 is 2.44 bits per heavy atom. The minimum absolute atomic E-state index is 0.115. The maximum Gasteiger partial charge on any atom is 0.231 e. The van der Waals surface area contributed by atoms with Crippen molar-refractivity contribution in [3.8, 4) is 0 Å². The normalized spacial score (nSPS) is 14.0. The van der Waals surface area contributed by atoms with E-state index in [0.29, 0.717) is 6.54 Å². The third kappa shape index (κ3) is 3.57. The minimum atomic E-state index is -0.226. The van der Waals surface area contributed by atoms with Crippen LogP contribution in [0.1, 0.15) is 38.2 Å². The monoisotopic (exact) mass is 248 g/mol. The topological polar surface area (TPSA) is 46.3 Å². The fourth-order valence-corrected chi connectivity index (χ4v) is 2.14. The average molecular weight is 248 g/mol. The van der Waals surface area contributed by atoms with E-state index in [2.05, 4.69) is 13.8 Å². The second-order valence-electron chi connectivity index (χ2n) is 4.79. The summed E-state index contributed by atoms with van der Waals surface area (Å²) in [7, 11) is 1.87. The van der Waals surface area contributed by atoms with Crippen molar-refractivity contribution in [2.45, 2.75) is 38.6 Å². The van der Waals surface area contributed by atoms with Crippen molar-refractivity contribution in [2.75, 3.05) is 13.6 Å². The number of rotatable bonds is 6. The Hall–Kier alpha value is -1.35. The summed E-state index contributed by atoms with van der Waals surface area (Å²) in [4.78, 5) is 14.3. The predicted octanol–water partition coefficient (Wildman–Crippen LogP) is 2.38. The number of likely N-dealkylation sites (N-methyl/N-ethyl adjacent to an activating group) is 1. The Bertz CT molecular complexity index is 364. The Labute approximate surface area is 110 Å². The molecule has 0 spiro atoms. The van der Waals surface area contributed by atoms with Crippen molar-refractivity contribution in [1.29, 1.82) is 0 Å². The number of hydrogen-bond donors (Lipinski definition) is 1. The van der Waals surface area contributed by atoms with E-state index in [9.17, 15) is 4.79 Å². The van der Waals surface area contributed by atoms with Crippen LogP contribution in [-0.4, -0.2) is 30.4 Å². The van der Waals surface area contributed by atoms with Crippen molar-refractivity contribution < 1.29 is 4.79 Å². The average Bonchev–Trinajstić information content (AvgIpc) is 2.40. The van der Waals surface area contributed by atoms with E-state index in [-0.39, 0.29) is 17.9 Å². The molecule has 0 aliphatic heterocycles. The first kappa shape index (κ1) is 14.7. The molecule has 18 heavy (non-hydrogen) atoms. The van der Waals surface area contributed by atoms with Crippen LogP contribution in [0.2, 0.25) is 0 Å². The molecule has 0 heterocycles. The lowest BCUT2D eigenvalue weighted by atomic mass is 9.97. The molecule has 0 saturated heterocycles. The molecule has 1 amide bonds. The summed E-state index contributed by atoms with van der Waals surface area (Å²) in [6.45, 7) is 4.57. The molecule has 1 rings (SSSR count). The smallest absolute Gasteiger partial charge is 0.231 e. The minimum Gasteiger partial charge on any atom is -0.342 e. The lowest BCUT2D eigenvalue weighted by molar-refractivity contribution is -0.133. The number of amides is 1. The first-order chi connectivity index (χ1) is 8.61. The van der Waals surface area contributed by atoms with Crippen LogP contribution in [0, 0.1) is 0 Å². The van der Waals surface area contributed by atoms with Gasteiger partial charge in [0.25, 0.3) is 0 Å². The van der Waals surface area contributed by atoms with Gasteiger partial charge in [-0.05, 0) is 18.9 Å². The first-order valence-electron chi connectivity index (χ1n) is 6.63. The number of benzene rings is 1. The zero-order chi connectivity index (χ0) is 13.5. The molecule has 0 radical (unpaired) electrons. The molecule has 0 aromatic heterocycles. The summed E-state index contributed by atoms with van der Waals surface area (Å²) >= 11 is 0. The van der Waals surface area contributed by atoms with Gasteiger partial charge in [-0.3, -0.25) is 4.79 Å². The highest BCUT2D eigenvalue weighted by atomic mass is 16.2. The van der Waals surface area contributed by atoms with E-state index < -0.39 is 0 Å². The molecule has 3 heteroatoms. The maximum atomic E-state index is 12.4. The van der Waals surface area contributed by atoms with Gasteiger partial charge in [-0.2, -0.15) is 0 Å². The number of nitrogens with two attached hydrogens (primary N) is 1. The fourth-order valence-electron chi connectivity index (χ4n) is 2.14. The second kappa shape index (κ2) is 7.17. The lowest BCUT2D eigenvalue weighted by Crippen LogP contribution is -2.40. The van der Waals surface area contributed by atoms with Gasteiger partial charge in [0.2, 0.25) is 5.91 Å². The van der Waals surface area contributed by atoms with E-state index in [1.807, 2.05) is 42.3 Å². The van der Waals surface area contributed by atoms with Gasteiger partial charge in [0.05, 0.1) is 5.92 Å². The molecule has 1 aromatic rings. The third-order valence-electron chi connectivity index (χ3n) is 3.45. The summed E-state index contributed by atoms with van der Waals surface area (Å²) in [6, 6.07) is 10.0. The van der Waals surface area contributed by atoms with E-state index >= 15 is 0 Å². The number of nitrogens with zero attached hydrogens (tertiary/aromatic N) is 1. The number of carbonyl (C=O) groups excluding carboxylic acids is 1. The lowest BCUT2D eigenvalue weighted by Gasteiger charge is -2.28. The number of hydrogen-bond acceptors (Lipinski definition) is 2. The van der Waals surface area contributed by atoms with Crippen molar-refractivity contribution in [2.24, 2.45) is 5.73 Å². The van der Waals surface area contributed by atoms with Crippen LogP contribution in [0.3, 0.4) is 0 Å². The molecule has 0 aliphatic rings. The Morgan fingerprint density at radius 1 is 1.33 bits per heavy atom. The maximum absolute atomic E-state index is 12.4. The van der Waals surface area contributed by atoms with Crippen molar-refractivity contribution in [1.82, 2.24) is 4.90 Å². The molecule has 0 aliphatic carbocycles. The van der Waals surface area contributed by atoms with Gasteiger partial charge < -0.3 is 10.6 Å². The molecule has 0 bridgehead atoms. The van der Waals surface area contributed by atoms with Crippen molar-refractivity contribution in [3.63, 3.8) is 0 Å². The summed E-state index contributed by atoms with van der Waals surface area (Å²) in [5.41, 5.74) is 6.77. The highest BCUT2D eigenvalue weighted by Crippen LogP contribution is 2.18. The summed E-state index contributed by atoms with van der Waals surface area (Å²) in [6.07, 6.45) is 2.10. The standard InChI is InChI=1S/C15H24N2O/c1-4-8-12(2)17(3)15(18)14(11-16)13-9-6-5-7-10-13/h5-7,9-10,12,14H,4,8,11,16H2,1-3H3. The van der Waals surface area contributed by atoms with Gasteiger partial charge in [-0.25, -0.2) is 0 Å². The molecule has 1 aromatic carbocycles. The van der Waals surface area contributed by atoms with Crippen LogP contribution in [0.4, 0.5) is 0 Å². The molecular weight excluding hydrogens is 224 g/mol. The Balaban J connectivity index is 2.80. The summed E-state index contributed by atoms with van der Waals surface area (Å²) < 4.78 is 0. The quantitative estimate of drug-likeness (QED) is 0.840. The highest BCUT2D eigenvalue weighted by Gasteiger charge is 2.24. The van der Waals surface area contributed by atoms with Crippen LogP contribution in [0.15, 0.2) is 30.3 Å². The molecule has 2 atom stereocenters. The van der Waals surface area contributed by atoms with Gasteiger partial charge in [0.15, 0.2) is 0 Å². The second-order valence-corrected chi connectivity index (χ2v) is 4.79. The van der Waals surface area contributed by atoms with Crippen LogP contribution >= 0.6 is 0 Å². The third-order valence-corrected chi connectivity index (χ3v) is 3.45. The predicted molar refractivity (Wildman–Crippen MR) is 75.4 cm³/mol. The van der Waals surface area contributed by atoms with Gasteiger partial charge in [-0.1, -0.05) is 43.7 Å². The zero-order valence-corrected chi connectivity index (χ0v) is 11.6. The zero-order valence-electron chi connectivity index (χ0n) is 11.6. The largest absolute Gasteiger partial charge is 0.342 e. The van der Waals surface area contributed by atoms with Gasteiger partial charge in [0.1, 0.15) is 0 Å². The Kier molecular flexibility index (Phi) is 5.86. The molecular formula is C15H24N2O. The van der Waals surface area contributed by atoms with Crippen LogP contribution in [0.5, 0.6) is 0 Å². The van der Waals surface area contributed by atoms with Gasteiger partial charge in [0, 0.05) is 19.6 Å². The first-order valence-corrected chi connectivity index (χ1v) is 6.63. The fraction of sp³-hybridized carbons (Fsp3) is 0.533. The van der Waals surface area contributed by atoms with E-state index in [1.165, 1.54) is 0 Å². The molecule has 2 N–H and O–H groups in total. The van der Waals surface area contributed by atoms with Crippen LogP contribution in [0.25, 0.3) is 0 Å². The molecule has 100 valence electrons. The highest BCUT2D eigenvalue weighted by molar-refractivity contribution is 5.84. The van der Waals surface area contributed by atoms with E-state index in [4.69, 9.17) is 5.73 Å². The van der Waals surface area contributed by atoms with Crippen molar-refractivity contribution >= 4 is 5.91 Å². The van der Waals surface area contributed by atoms with Gasteiger partial charge in [-0.15, -0.1) is 0 Å². The number of carbonyl (C=O) groups is 1. The van der Waals surface area contributed by atoms with Crippen LogP contribution in [-0.2, 0) is 4.79 Å². The van der Waals surface area contributed by atoms with E-state index in [0.717, 1.165) is 18.4 Å². The molecule has 2 unspecified atom stereocenters. The summed E-state index contributed by atoms with van der Waals surface area (Å²) in [5.74, 6) is -0.111. The Morgan fingerprint density at radius 2 is 1.94 bits per heavy atom. The van der Waals surface area contributed by atoms with E-state index in [1.54, 1.807) is 0 Å².